The monoisotopic (exact) mass is 835 g/mol. The van der Waals surface area contributed by atoms with E-state index < -0.39 is 35.5 Å². The number of amides is 2. The van der Waals surface area contributed by atoms with Crippen molar-refractivity contribution in [2.75, 3.05) is 52.5 Å². The molecule has 6 unspecified atom stereocenters. The first-order chi connectivity index (χ1) is 28.9. The minimum absolute atomic E-state index is 0.0169. The number of allylic oxidation sites excluding steroid dienone is 1. The molecule has 14 heteroatoms. The largest absolute Gasteiger partial charge is 0.497 e. The Labute approximate surface area is 354 Å². The molecule has 3 aliphatic rings. The number of hydrogen-bond acceptors (Lipinski definition) is 12. The zero-order valence-electron chi connectivity index (χ0n) is 36.4. The van der Waals surface area contributed by atoms with Gasteiger partial charge in [0.15, 0.2) is 0 Å². The summed E-state index contributed by atoms with van der Waals surface area (Å²) in [6.45, 7) is 14.4. The Hall–Kier alpha value is -4.79. The predicted octanol–water partition coefficient (Wildman–Crippen LogP) is 8.62. The second-order valence-electron chi connectivity index (χ2n) is 16.4. The van der Waals surface area contributed by atoms with E-state index in [0.717, 1.165) is 36.8 Å². The average molecular weight is 836 g/mol. The summed E-state index contributed by atoms with van der Waals surface area (Å²) < 4.78 is 36.6. The van der Waals surface area contributed by atoms with Crippen LogP contribution in [0.4, 0.5) is 15.3 Å². The molecule has 1 saturated carbocycles. The van der Waals surface area contributed by atoms with Crippen molar-refractivity contribution >= 4 is 23.6 Å². The minimum atomic E-state index is -1.43. The molecular weight excluding hydrogens is 771 g/mol. The number of nitrogens with zero attached hydrogens (tertiary/aromatic N) is 2. The highest BCUT2D eigenvalue weighted by molar-refractivity contribution is 6.03. The Morgan fingerprint density at radius 1 is 1.02 bits per heavy atom. The fourth-order valence-electron chi connectivity index (χ4n) is 8.87. The van der Waals surface area contributed by atoms with Crippen molar-refractivity contribution in [1.29, 1.82) is 0 Å². The fourth-order valence-corrected chi connectivity index (χ4v) is 8.87. The van der Waals surface area contributed by atoms with Gasteiger partial charge in [-0.15, -0.1) is 6.58 Å². The van der Waals surface area contributed by atoms with Crippen molar-refractivity contribution in [1.82, 2.24) is 4.90 Å². The van der Waals surface area contributed by atoms with Crippen LogP contribution >= 0.6 is 0 Å². The minimum Gasteiger partial charge on any atom is -0.497 e. The van der Waals surface area contributed by atoms with E-state index in [-0.39, 0.29) is 50.6 Å². The third-order valence-electron chi connectivity index (χ3n) is 11.3. The molecule has 1 heterocycles. The lowest BCUT2D eigenvalue weighted by Gasteiger charge is -2.60. The van der Waals surface area contributed by atoms with Crippen molar-refractivity contribution < 1.29 is 53.1 Å². The van der Waals surface area contributed by atoms with Crippen LogP contribution in [0.15, 0.2) is 65.9 Å². The van der Waals surface area contributed by atoms with Gasteiger partial charge in [-0.3, -0.25) is 10.2 Å². The van der Waals surface area contributed by atoms with Gasteiger partial charge in [0.05, 0.1) is 44.8 Å². The molecular formula is C46H65N3O11. The molecule has 0 spiro atoms. The van der Waals surface area contributed by atoms with E-state index in [2.05, 4.69) is 18.0 Å². The van der Waals surface area contributed by atoms with Crippen molar-refractivity contribution in [3.05, 3.63) is 66.3 Å². The maximum absolute atomic E-state index is 14.0. The van der Waals surface area contributed by atoms with Gasteiger partial charge in [0.25, 0.3) is 0 Å². The van der Waals surface area contributed by atoms with Gasteiger partial charge < -0.3 is 43.5 Å². The van der Waals surface area contributed by atoms with E-state index in [0.29, 0.717) is 60.2 Å². The summed E-state index contributed by atoms with van der Waals surface area (Å²) in [5, 5.41) is 27.4. The molecule has 2 aliphatic carbocycles. The van der Waals surface area contributed by atoms with Gasteiger partial charge in [-0.25, -0.2) is 9.59 Å². The van der Waals surface area contributed by atoms with Crippen molar-refractivity contribution in [3.8, 4) is 23.0 Å². The van der Waals surface area contributed by atoms with E-state index in [1.54, 1.807) is 55.3 Å². The molecule has 2 aromatic rings. The first kappa shape index (κ1) is 46.3. The first-order valence-electron chi connectivity index (χ1n) is 21.3. The summed E-state index contributed by atoms with van der Waals surface area (Å²) in [5.41, 5.74) is 2.19. The van der Waals surface area contributed by atoms with Crippen molar-refractivity contribution in [3.63, 3.8) is 0 Å². The van der Waals surface area contributed by atoms with E-state index in [9.17, 15) is 19.8 Å². The van der Waals surface area contributed by atoms with Crippen LogP contribution in [0.1, 0.15) is 97.5 Å². The van der Waals surface area contributed by atoms with E-state index in [1.807, 2.05) is 33.8 Å². The second kappa shape index (κ2) is 21.1. The molecule has 5 rings (SSSR count). The van der Waals surface area contributed by atoms with Gasteiger partial charge in [0.1, 0.15) is 34.6 Å². The summed E-state index contributed by atoms with van der Waals surface area (Å²) >= 11 is 0. The molecule has 0 aromatic heterocycles. The number of ether oxygens (including phenoxy) is 6. The first-order valence-corrected chi connectivity index (χ1v) is 21.3. The molecule has 0 saturated heterocycles. The predicted molar refractivity (Wildman–Crippen MR) is 229 cm³/mol. The van der Waals surface area contributed by atoms with Gasteiger partial charge in [-0.2, -0.15) is 0 Å². The molecule has 3 N–H and O–H groups in total. The number of carbonyl (C=O) groups excluding carboxylic acids is 2. The van der Waals surface area contributed by atoms with E-state index in [1.165, 1.54) is 7.11 Å². The Morgan fingerprint density at radius 3 is 2.40 bits per heavy atom. The number of benzene rings is 2. The Kier molecular flexibility index (Phi) is 16.3. The molecule has 2 aromatic carbocycles. The highest BCUT2D eigenvalue weighted by atomic mass is 16.7. The number of nitrogens with one attached hydrogen (secondary N) is 1. The Balaban J connectivity index is 1.73. The number of methoxy groups -OCH3 is 2. The van der Waals surface area contributed by atoms with Gasteiger partial charge in [0.2, 0.25) is 5.79 Å². The maximum Gasteiger partial charge on any atom is 0.417 e. The van der Waals surface area contributed by atoms with E-state index in [4.69, 9.17) is 38.4 Å². The number of oxime groups is 1. The molecule has 2 amide bonds. The van der Waals surface area contributed by atoms with Gasteiger partial charge in [-0.05, 0) is 108 Å². The molecule has 14 nitrogen and oxygen atoms in total. The van der Waals surface area contributed by atoms with Gasteiger partial charge >= 0.3 is 12.2 Å². The zero-order valence-corrected chi connectivity index (χ0v) is 36.4. The van der Waals surface area contributed by atoms with Crippen molar-refractivity contribution in [2.45, 2.75) is 109 Å². The number of carbonyl (C=O) groups is 2. The summed E-state index contributed by atoms with van der Waals surface area (Å²) in [4.78, 5) is 35.4. The van der Waals surface area contributed by atoms with Crippen LogP contribution in [0.3, 0.4) is 0 Å². The SMILES string of the molecule is C=CCOC12Oc3ccc(OC(=O)Nc4ccc(OC)cc4OC)cc3C3C(CCCCO)C(CCCCO)C=C(C(=NOC(C)(C)C)CC1N(CCC)C(=O)OCC)C32. The lowest BCUT2D eigenvalue weighted by atomic mass is 9.55. The van der Waals surface area contributed by atoms with Gasteiger partial charge in [0, 0.05) is 43.7 Å². The van der Waals surface area contributed by atoms with Crippen LogP contribution in [-0.4, -0.2) is 97.6 Å². The topological polar surface area (TPSA) is 167 Å². The maximum atomic E-state index is 14.0. The molecule has 0 radical (unpaired) electrons. The lowest BCUT2D eigenvalue weighted by molar-refractivity contribution is -0.255. The third kappa shape index (κ3) is 10.6. The van der Waals surface area contributed by atoms with Crippen LogP contribution in [-0.2, 0) is 14.3 Å². The second-order valence-corrected chi connectivity index (χ2v) is 16.4. The number of hydrogen-bond donors (Lipinski definition) is 3. The van der Waals surface area contributed by atoms with Crippen LogP contribution in [0.5, 0.6) is 23.0 Å². The summed E-state index contributed by atoms with van der Waals surface area (Å²) in [6, 6.07) is 9.68. The molecule has 330 valence electrons. The molecule has 1 aliphatic heterocycles. The lowest BCUT2D eigenvalue weighted by Crippen LogP contribution is -2.70. The Morgan fingerprint density at radius 2 is 1.75 bits per heavy atom. The van der Waals surface area contributed by atoms with Crippen LogP contribution in [0.2, 0.25) is 0 Å². The number of unbranched alkanes of at least 4 members (excludes halogenated alkanes) is 2. The van der Waals surface area contributed by atoms with Gasteiger partial charge in [-0.1, -0.05) is 37.1 Å². The summed E-state index contributed by atoms with van der Waals surface area (Å²) in [6.07, 6.45) is 8.01. The van der Waals surface area contributed by atoms with Crippen LogP contribution in [0.25, 0.3) is 0 Å². The van der Waals surface area contributed by atoms with Crippen LogP contribution in [0, 0.1) is 17.8 Å². The summed E-state index contributed by atoms with van der Waals surface area (Å²) in [7, 11) is 3.05. The standard InChI is InChI=1S/C46H65N3O11/c1-9-22-49(44(53)56-11-3)40-29-37(48-60-45(4,5)6)34-26-30(16-12-14-23-50)33(17-13-15-24-51)41-35-27-32(19-21-38(35)59-46(40,42(34)41)57-25-10-2)58-43(52)47-36-20-18-31(54-7)28-39(36)55-8/h10,18-21,26-28,30,33,40-42,50-51H,2,9,11-17,22-25,29H2,1,3-8H3,(H,47,52). The average Bonchev–Trinajstić information content (AvgIpc) is 3.22. The molecule has 1 fully saturated rings. The van der Waals surface area contributed by atoms with E-state index >= 15 is 0 Å². The molecule has 0 bridgehead atoms. The quantitative estimate of drug-likeness (QED) is 0.0664. The molecule has 6 atom stereocenters. The van der Waals surface area contributed by atoms with Crippen LogP contribution < -0.4 is 24.3 Å². The zero-order chi connectivity index (χ0) is 43.5. The number of aliphatic hydroxyl groups excluding tert-OH is 2. The highest BCUT2D eigenvalue weighted by Crippen LogP contribution is 2.62. The summed E-state index contributed by atoms with van der Waals surface area (Å²) in [5.74, 6) is -0.463. The normalized spacial score (nSPS) is 23.6. The third-order valence-corrected chi connectivity index (χ3v) is 11.3. The number of anilines is 1. The van der Waals surface area contributed by atoms with Crippen molar-refractivity contribution in [2.24, 2.45) is 22.9 Å². The molecule has 60 heavy (non-hydrogen) atoms. The number of aliphatic hydroxyl groups is 2. The Bertz CT molecular complexity index is 1840. The highest BCUT2D eigenvalue weighted by Gasteiger charge is 2.65. The smallest absolute Gasteiger partial charge is 0.417 e. The number of rotatable bonds is 20. The fraction of sp³-hybridized carbons (Fsp3) is 0.587. The number of fused-ring (bicyclic) bond motifs is 2.